The lowest BCUT2D eigenvalue weighted by atomic mass is 9.98. The first-order valence-corrected chi connectivity index (χ1v) is 7.97. The van der Waals surface area contributed by atoms with Gasteiger partial charge in [-0.1, -0.05) is 60.7 Å². The molecule has 0 aliphatic carbocycles. The lowest BCUT2D eigenvalue weighted by molar-refractivity contribution is 0.0697. The second-order valence-corrected chi connectivity index (χ2v) is 5.62. The molecule has 3 aromatic rings. The molecule has 2 N–H and O–H groups in total. The zero-order valence-corrected chi connectivity index (χ0v) is 13.8. The van der Waals surface area contributed by atoms with Crippen molar-refractivity contribution in [2.75, 3.05) is 12.4 Å². The number of nitrogens with one attached hydrogen (secondary N) is 1. The van der Waals surface area contributed by atoms with Crippen LogP contribution in [0.25, 0.3) is 0 Å². The number of methoxy groups -OCH3 is 1. The van der Waals surface area contributed by atoms with Gasteiger partial charge < -0.3 is 15.2 Å². The van der Waals surface area contributed by atoms with Gasteiger partial charge in [0.15, 0.2) is 0 Å². The van der Waals surface area contributed by atoms with Gasteiger partial charge in [0.25, 0.3) is 0 Å². The van der Waals surface area contributed by atoms with E-state index in [9.17, 15) is 9.90 Å². The van der Waals surface area contributed by atoms with Crippen molar-refractivity contribution in [1.29, 1.82) is 0 Å². The summed E-state index contributed by atoms with van der Waals surface area (Å²) >= 11 is 0. The summed E-state index contributed by atoms with van der Waals surface area (Å²) in [6.45, 7) is 0. The van der Waals surface area contributed by atoms with Gasteiger partial charge >= 0.3 is 5.97 Å². The van der Waals surface area contributed by atoms with Crippen molar-refractivity contribution in [3.63, 3.8) is 0 Å². The highest BCUT2D eigenvalue weighted by molar-refractivity contribution is 5.95. The highest BCUT2D eigenvalue weighted by Gasteiger charge is 2.18. The van der Waals surface area contributed by atoms with Gasteiger partial charge in [0.05, 0.1) is 18.7 Å². The first kappa shape index (κ1) is 16.6. The normalized spacial score (nSPS) is 10.5. The molecule has 0 fully saturated rings. The van der Waals surface area contributed by atoms with Crippen molar-refractivity contribution >= 4 is 11.7 Å². The minimum atomic E-state index is -0.999. The molecule has 3 aromatic carbocycles. The van der Waals surface area contributed by atoms with E-state index < -0.39 is 5.97 Å². The highest BCUT2D eigenvalue weighted by atomic mass is 16.5. The van der Waals surface area contributed by atoms with Crippen molar-refractivity contribution < 1.29 is 14.6 Å². The summed E-state index contributed by atoms with van der Waals surface area (Å²) < 4.78 is 5.14. The molecular weight excluding hydrogens is 314 g/mol. The molecule has 3 rings (SSSR count). The Labute approximate surface area is 146 Å². The number of aromatic carboxylic acids is 1. The van der Waals surface area contributed by atoms with Gasteiger partial charge in [-0.2, -0.15) is 0 Å². The molecule has 4 heteroatoms. The fourth-order valence-corrected chi connectivity index (χ4v) is 2.76. The summed E-state index contributed by atoms with van der Waals surface area (Å²) in [6.07, 6.45) is 0. The topological polar surface area (TPSA) is 58.6 Å². The number of carboxylic acid groups (broad SMARTS) is 1. The van der Waals surface area contributed by atoms with Crippen LogP contribution in [0, 0.1) is 0 Å². The average Bonchev–Trinajstić information content (AvgIpc) is 2.67. The van der Waals surface area contributed by atoms with Crippen LogP contribution < -0.4 is 10.1 Å². The summed E-state index contributed by atoms with van der Waals surface area (Å²) in [5.41, 5.74) is 2.84. The van der Waals surface area contributed by atoms with Crippen LogP contribution in [0.1, 0.15) is 27.5 Å². The summed E-state index contributed by atoms with van der Waals surface area (Å²) in [5, 5.41) is 12.9. The van der Waals surface area contributed by atoms with E-state index in [1.807, 2.05) is 60.7 Å². The molecule has 25 heavy (non-hydrogen) atoms. The van der Waals surface area contributed by atoms with Crippen molar-refractivity contribution in [1.82, 2.24) is 0 Å². The molecule has 0 amide bonds. The van der Waals surface area contributed by atoms with Gasteiger partial charge in [-0.05, 0) is 29.3 Å². The van der Waals surface area contributed by atoms with Gasteiger partial charge in [-0.3, -0.25) is 0 Å². The predicted molar refractivity (Wildman–Crippen MR) is 98.3 cm³/mol. The van der Waals surface area contributed by atoms with Crippen molar-refractivity contribution in [3.05, 3.63) is 95.6 Å². The maximum atomic E-state index is 11.6. The van der Waals surface area contributed by atoms with Crippen LogP contribution in [0.4, 0.5) is 5.69 Å². The molecule has 0 saturated carbocycles. The number of hydrogen-bond donors (Lipinski definition) is 2. The number of hydrogen-bond acceptors (Lipinski definition) is 3. The monoisotopic (exact) mass is 333 g/mol. The quantitative estimate of drug-likeness (QED) is 0.692. The number of carbonyl (C=O) groups is 1. The number of ether oxygens (including phenoxy) is 1. The van der Waals surface area contributed by atoms with Crippen LogP contribution in [0.5, 0.6) is 5.75 Å². The maximum Gasteiger partial charge on any atom is 0.337 e. The summed E-state index contributed by atoms with van der Waals surface area (Å²) in [6, 6.07) is 24.8. The largest absolute Gasteiger partial charge is 0.497 e. The molecular formula is C21H19NO3. The predicted octanol–water partition coefficient (Wildman–Crippen LogP) is 4.59. The van der Waals surface area contributed by atoms with E-state index in [1.54, 1.807) is 12.1 Å². The van der Waals surface area contributed by atoms with Gasteiger partial charge in [-0.15, -0.1) is 0 Å². The first-order valence-electron chi connectivity index (χ1n) is 7.97. The van der Waals surface area contributed by atoms with Gasteiger partial charge in [0, 0.05) is 5.69 Å². The lowest BCUT2D eigenvalue weighted by Crippen LogP contribution is -2.15. The van der Waals surface area contributed by atoms with Crippen LogP contribution >= 0.6 is 0 Å². The molecule has 0 aliphatic heterocycles. The zero-order chi connectivity index (χ0) is 17.6. The summed E-state index contributed by atoms with van der Waals surface area (Å²) in [5.74, 6) is -0.486. The third kappa shape index (κ3) is 3.80. The Morgan fingerprint density at radius 2 is 1.48 bits per heavy atom. The van der Waals surface area contributed by atoms with Gasteiger partial charge in [0.1, 0.15) is 5.75 Å². The van der Waals surface area contributed by atoms with Crippen LogP contribution in [0.3, 0.4) is 0 Å². The lowest BCUT2D eigenvalue weighted by Gasteiger charge is -2.22. The van der Waals surface area contributed by atoms with Crippen LogP contribution in [-0.2, 0) is 0 Å². The van der Waals surface area contributed by atoms with E-state index >= 15 is 0 Å². The Morgan fingerprint density at radius 1 is 0.920 bits per heavy atom. The van der Waals surface area contributed by atoms with Crippen LogP contribution in [-0.4, -0.2) is 18.2 Å². The number of rotatable bonds is 6. The second-order valence-electron chi connectivity index (χ2n) is 5.62. The van der Waals surface area contributed by atoms with Crippen LogP contribution in [0.2, 0.25) is 0 Å². The first-order chi connectivity index (χ1) is 12.2. The SMILES string of the molecule is COc1ccc(NC(c2ccccc2)c2ccccc2)c(C(=O)O)c1. The van der Waals surface area contributed by atoms with Gasteiger partial charge in [0.2, 0.25) is 0 Å². The number of anilines is 1. The Hall–Kier alpha value is -3.27. The summed E-state index contributed by atoms with van der Waals surface area (Å²) in [7, 11) is 1.52. The minimum Gasteiger partial charge on any atom is -0.497 e. The highest BCUT2D eigenvalue weighted by Crippen LogP contribution is 2.30. The molecule has 0 saturated heterocycles. The van der Waals surface area contributed by atoms with E-state index in [1.165, 1.54) is 13.2 Å². The van der Waals surface area contributed by atoms with E-state index in [0.29, 0.717) is 11.4 Å². The average molecular weight is 333 g/mol. The Morgan fingerprint density at radius 3 is 1.96 bits per heavy atom. The third-order valence-corrected chi connectivity index (χ3v) is 4.02. The number of carboxylic acids is 1. The molecule has 0 radical (unpaired) electrons. The van der Waals surface area contributed by atoms with Gasteiger partial charge in [-0.25, -0.2) is 4.79 Å². The van der Waals surface area contributed by atoms with Crippen molar-refractivity contribution in [2.45, 2.75) is 6.04 Å². The molecule has 0 aromatic heterocycles. The molecule has 0 heterocycles. The smallest absolute Gasteiger partial charge is 0.337 e. The molecule has 0 aliphatic rings. The molecule has 0 spiro atoms. The summed E-state index contributed by atoms with van der Waals surface area (Å²) in [4.78, 5) is 11.6. The molecule has 0 atom stereocenters. The Kier molecular flexibility index (Phi) is 5.00. The Bertz CT molecular complexity index is 808. The van der Waals surface area contributed by atoms with Crippen molar-refractivity contribution in [3.8, 4) is 5.75 Å². The van der Waals surface area contributed by atoms with Crippen LogP contribution in [0.15, 0.2) is 78.9 Å². The zero-order valence-electron chi connectivity index (χ0n) is 13.8. The standard InChI is InChI=1S/C21H19NO3/c1-25-17-12-13-19(18(14-17)21(23)24)22-20(15-8-4-2-5-9-15)16-10-6-3-7-11-16/h2-14,20,22H,1H3,(H,23,24). The van der Waals surface area contributed by atoms with E-state index in [2.05, 4.69) is 5.32 Å². The van der Waals surface area contributed by atoms with E-state index in [4.69, 9.17) is 4.74 Å². The second kappa shape index (κ2) is 7.53. The molecule has 0 bridgehead atoms. The molecule has 0 unspecified atom stereocenters. The maximum absolute atomic E-state index is 11.6. The van der Waals surface area contributed by atoms with Crippen molar-refractivity contribution in [2.24, 2.45) is 0 Å². The Balaban J connectivity index is 2.03. The van der Waals surface area contributed by atoms with E-state index in [-0.39, 0.29) is 11.6 Å². The molecule has 126 valence electrons. The van der Waals surface area contributed by atoms with E-state index in [0.717, 1.165) is 11.1 Å². The fourth-order valence-electron chi connectivity index (χ4n) is 2.76. The fraction of sp³-hybridized carbons (Fsp3) is 0.0952. The third-order valence-electron chi connectivity index (χ3n) is 4.02. The molecule has 4 nitrogen and oxygen atoms in total. The minimum absolute atomic E-state index is 0.158. The number of benzene rings is 3.